The molecule has 4 aromatic rings. The summed E-state index contributed by atoms with van der Waals surface area (Å²) >= 11 is 1.53. The average Bonchev–Trinajstić information content (AvgIpc) is 3.21. The van der Waals surface area contributed by atoms with Crippen LogP contribution in [0, 0.1) is 13.8 Å². The summed E-state index contributed by atoms with van der Waals surface area (Å²) in [4.78, 5) is 24.5. The van der Waals surface area contributed by atoms with Crippen LogP contribution >= 0.6 is 11.3 Å². The summed E-state index contributed by atoms with van der Waals surface area (Å²) in [6.07, 6.45) is 3.83. The third-order valence-electron chi connectivity index (χ3n) is 5.38. The molecule has 0 bridgehead atoms. The van der Waals surface area contributed by atoms with E-state index in [1.165, 1.54) is 22.5 Å². The number of unbranched alkanes of at least 4 members (excludes halogenated alkanes) is 1. The number of carbonyl (C=O) groups is 1. The highest BCUT2D eigenvalue weighted by molar-refractivity contribution is 7.22. The Balaban J connectivity index is 1.65. The van der Waals surface area contributed by atoms with E-state index in [2.05, 4.69) is 37.9 Å². The standard InChI is InChI=1S/C26H27N3O2S/c1-4-5-14-31-22-11-9-20(10-12-22)25(30)29(17-21-8-6-7-13-27-21)26-28-23-15-18(2)19(3)16-24(23)32-26/h6-13,15-16H,4-5,14,17H2,1-3H3. The van der Waals surface area contributed by atoms with Crippen molar-refractivity contribution in [3.8, 4) is 5.75 Å². The largest absolute Gasteiger partial charge is 0.494 e. The summed E-state index contributed by atoms with van der Waals surface area (Å²) in [5.41, 5.74) is 4.72. The molecule has 0 aliphatic carbocycles. The number of nitrogens with zero attached hydrogens (tertiary/aromatic N) is 3. The molecule has 2 heterocycles. The lowest BCUT2D eigenvalue weighted by molar-refractivity contribution is 0.0985. The smallest absolute Gasteiger partial charge is 0.260 e. The number of ether oxygens (including phenoxy) is 1. The van der Waals surface area contributed by atoms with Crippen molar-refractivity contribution in [1.82, 2.24) is 9.97 Å². The highest BCUT2D eigenvalue weighted by Crippen LogP contribution is 2.32. The molecule has 6 heteroatoms. The van der Waals surface area contributed by atoms with Gasteiger partial charge in [0.15, 0.2) is 5.13 Å². The molecule has 2 aromatic heterocycles. The number of pyridine rings is 1. The lowest BCUT2D eigenvalue weighted by atomic mass is 10.1. The highest BCUT2D eigenvalue weighted by atomic mass is 32.1. The number of anilines is 1. The quantitative estimate of drug-likeness (QED) is 0.297. The summed E-state index contributed by atoms with van der Waals surface area (Å²) in [5.74, 6) is 0.667. The van der Waals surface area contributed by atoms with Gasteiger partial charge in [-0.1, -0.05) is 30.7 Å². The van der Waals surface area contributed by atoms with E-state index >= 15 is 0 Å². The molecule has 0 aliphatic heterocycles. The van der Waals surface area contributed by atoms with E-state index in [9.17, 15) is 4.79 Å². The van der Waals surface area contributed by atoms with Crippen LogP contribution in [0.5, 0.6) is 5.75 Å². The van der Waals surface area contributed by atoms with Gasteiger partial charge in [-0.3, -0.25) is 14.7 Å². The Morgan fingerprint density at radius 2 is 1.84 bits per heavy atom. The molecule has 1 amide bonds. The molecule has 2 aromatic carbocycles. The van der Waals surface area contributed by atoms with Crippen LogP contribution in [0.4, 0.5) is 5.13 Å². The first-order valence-electron chi connectivity index (χ1n) is 10.9. The van der Waals surface area contributed by atoms with Gasteiger partial charge in [-0.25, -0.2) is 4.98 Å². The van der Waals surface area contributed by atoms with Gasteiger partial charge in [0, 0.05) is 11.8 Å². The lowest BCUT2D eigenvalue weighted by Crippen LogP contribution is -2.30. The van der Waals surface area contributed by atoms with E-state index in [0.29, 0.717) is 23.8 Å². The minimum Gasteiger partial charge on any atom is -0.494 e. The number of aromatic nitrogens is 2. The highest BCUT2D eigenvalue weighted by Gasteiger charge is 2.22. The number of hydrogen-bond donors (Lipinski definition) is 0. The van der Waals surface area contributed by atoms with Gasteiger partial charge in [0.25, 0.3) is 5.91 Å². The minimum absolute atomic E-state index is 0.108. The first kappa shape index (κ1) is 22.0. The van der Waals surface area contributed by atoms with Crippen LogP contribution in [0.25, 0.3) is 10.2 Å². The number of rotatable bonds is 8. The Morgan fingerprint density at radius 3 is 2.56 bits per heavy atom. The molecule has 0 fully saturated rings. The normalized spacial score (nSPS) is 11.0. The zero-order valence-corrected chi connectivity index (χ0v) is 19.5. The SMILES string of the molecule is CCCCOc1ccc(C(=O)N(Cc2ccccn2)c2nc3cc(C)c(C)cc3s2)cc1. The first-order valence-corrected chi connectivity index (χ1v) is 11.7. The van der Waals surface area contributed by atoms with Crippen molar-refractivity contribution in [3.63, 3.8) is 0 Å². The maximum absolute atomic E-state index is 13.6. The van der Waals surface area contributed by atoms with Gasteiger partial charge in [-0.15, -0.1) is 0 Å². The van der Waals surface area contributed by atoms with Crippen LogP contribution in [0.1, 0.15) is 46.9 Å². The van der Waals surface area contributed by atoms with E-state index in [-0.39, 0.29) is 5.91 Å². The topological polar surface area (TPSA) is 55.3 Å². The Morgan fingerprint density at radius 1 is 1.06 bits per heavy atom. The second-order valence-electron chi connectivity index (χ2n) is 7.84. The molecule has 5 nitrogen and oxygen atoms in total. The molecular weight excluding hydrogens is 418 g/mol. The van der Waals surface area contributed by atoms with Crippen molar-refractivity contribution >= 4 is 32.6 Å². The van der Waals surface area contributed by atoms with Crippen molar-refractivity contribution in [3.05, 3.63) is 83.2 Å². The Labute approximate surface area is 192 Å². The van der Waals surface area contributed by atoms with E-state index < -0.39 is 0 Å². The van der Waals surface area contributed by atoms with Gasteiger partial charge in [-0.2, -0.15) is 0 Å². The summed E-state index contributed by atoms with van der Waals surface area (Å²) in [6, 6.07) is 17.3. The van der Waals surface area contributed by atoms with Gasteiger partial charge in [0.2, 0.25) is 0 Å². The molecule has 164 valence electrons. The zero-order valence-electron chi connectivity index (χ0n) is 18.7. The molecule has 0 spiro atoms. The summed E-state index contributed by atoms with van der Waals surface area (Å²) < 4.78 is 6.81. The van der Waals surface area contributed by atoms with E-state index in [4.69, 9.17) is 9.72 Å². The van der Waals surface area contributed by atoms with Crippen LogP contribution in [0.3, 0.4) is 0 Å². The van der Waals surface area contributed by atoms with Gasteiger partial charge >= 0.3 is 0 Å². The Hall–Kier alpha value is -3.25. The molecular formula is C26H27N3O2S. The molecule has 0 radical (unpaired) electrons. The van der Waals surface area contributed by atoms with Gasteiger partial charge in [-0.05, 0) is 79.9 Å². The van der Waals surface area contributed by atoms with Crippen LogP contribution in [-0.4, -0.2) is 22.5 Å². The number of amides is 1. The number of benzene rings is 2. The maximum atomic E-state index is 13.6. The fourth-order valence-corrected chi connectivity index (χ4v) is 4.39. The van der Waals surface area contributed by atoms with Crippen molar-refractivity contribution in [1.29, 1.82) is 0 Å². The van der Waals surface area contributed by atoms with Crippen LogP contribution in [0.2, 0.25) is 0 Å². The van der Waals surface area contributed by atoms with Crippen LogP contribution < -0.4 is 9.64 Å². The first-order chi connectivity index (χ1) is 15.5. The van der Waals surface area contributed by atoms with Gasteiger partial charge in [0.1, 0.15) is 5.75 Å². The average molecular weight is 446 g/mol. The molecule has 0 N–H and O–H groups in total. The molecule has 32 heavy (non-hydrogen) atoms. The number of fused-ring (bicyclic) bond motifs is 1. The third-order valence-corrected chi connectivity index (χ3v) is 6.42. The van der Waals surface area contributed by atoms with E-state index in [1.54, 1.807) is 11.1 Å². The Bertz CT molecular complexity index is 1160. The summed E-state index contributed by atoms with van der Waals surface area (Å²) in [7, 11) is 0. The maximum Gasteiger partial charge on any atom is 0.260 e. The predicted molar refractivity (Wildman–Crippen MR) is 131 cm³/mol. The van der Waals surface area contributed by atoms with Crippen molar-refractivity contribution < 1.29 is 9.53 Å². The van der Waals surface area contributed by atoms with Gasteiger partial charge < -0.3 is 4.74 Å². The lowest BCUT2D eigenvalue weighted by Gasteiger charge is -2.19. The molecule has 0 atom stereocenters. The monoisotopic (exact) mass is 445 g/mol. The number of aryl methyl sites for hydroxylation is 2. The second-order valence-corrected chi connectivity index (χ2v) is 8.85. The van der Waals surface area contributed by atoms with Crippen LogP contribution in [-0.2, 0) is 6.54 Å². The third kappa shape index (κ3) is 4.97. The molecule has 0 unspecified atom stereocenters. The Kier molecular flexibility index (Phi) is 6.81. The van der Waals surface area contributed by atoms with Crippen molar-refractivity contribution in [2.45, 2.75) is 40.2 Å². The van der Waals surface area contributed by atoms with Gasteiger partial charge in [0.05, 0.1) is 29.1 Å². The molecule has 0 saturated heterocycles. The van der Waals surface area contributed by atoms with Crippen LogP contribution in [0.15, 0.2) is 60.8 Å². The molecule has 0 saturated carbocycles. The van der Waals surface area contributed by atoms with Crippen molar-refractivity contribution in [2.75, 3.05) is 11.5 Å². The summed E-state index contributed by atoms with van der Waals surface area (Å²) in [6.45, 7) is 7.34. The fraction of sp³-hybridized carbons (Fsp3) is 0.269. The van der Waals surface area contributed by atoms with Crippen molar-refractivity contribution in [2.24, 2.45) is 0 Å². The minimum atomic E-state index is -0.108. The second kappa shape index (κ2) is 9.92. The summed E-state index contributed by atoms with van der Waals surface area (Å²) in [5, 5.41) is 0.670. The predicted octanol–water partition coefficient (Wildman–Crippen LogP) is 6.33. The molecule has 0 aliphatic rings. The molecule has 4 rings (SSSR count). The fourth-order valence-electron chi connectivity index (χ4n) is 3.35. The van der Waals surface area contributed by atoms with E-state index in [1.807, 2.05) is 42.5 Å². The van der Waals surface area contributed by atoms with E-state index in [0.717, 1.165) is 34.5 Å². The number of thiazole rings is 1. The number of hydrogen-bond acceptors (Lipinski definition) is 5. The zero-order chi connectivity index (χ0) is 22.5. The number of carbonyl (C=O) groups excluding carboxylic acids is 1.